The van der Waals surface area contributed by atoms with Gasteiger partial charge >= 0.3 is 0 Å². The summed E-state index contributed by atoms with van der Waals surface area (Å²) in [5.41, 5.74) is 1.11. The third-order valence-electron chi connectivity index (χ3n) is 2.55. The molecule has 1 unspecified atom stereocenters. The van der Waals surface area contributed by atoms with Crippen molar-refractivity contribution in [3.63, 3.8) is 0 Å². The van der Waals surface area contributed by atoms with Gasteiger partial charge in [0, 0.05) is 23.7 Å². The first-order valence-electron chi connectivity index (χ1n) is 5.77. The van der Waals surface area contributed by atoms with Crippen molar-refractivity contribution in [2.24, 2.45) is 5.92 Å². The SMILES string of the molecule is COCCNCC(C)Cc1cc(Cl)ccc1Cl. The molecule has 2 nitrogen and oxygen atoms in total. The lowest BCUT2D eigenvalue weighted by atomic mass is 10.0. The summed E-state index contributed by atoms with van der Waals surface area (Å²) in [6, 6.07) is 5.61. The molecular formula is C13H19Cl2NO. The summed E-state index contributed by atoms with van der Waals surface area (Å²) in [4.78, 5) is 0. The van der Waals surface area contributed by atoms with Crippen LogP contribution in [0.25, 0.3) is 0 Å². The summed E-state index contributed by atoms with van der Waals surface area (Å²) in [5.74, 6) is 0.517. The lowest BCUT2D eigenvalue weighted by molar-refractivity contribution is 0.198. The molecule has 1 atom stereocenters. The van der Waals surface area contributed by atoms with Crippen LogP contribution in [0, 0.1) is 5.92 Å². The van der Waals surface area contributed by atoms with E-state index in [4.69, 9.17) is 27.9 Å². The highest BCUT2D eigenvalue weighted by molar-refractivity contribution is 6.33. The van der Waals surface area contributed by atoms with E-state index in [1.54, 1.807) is 7.11 Å². The van der Waals surface area contributed by atoms with E-state index in [2.05, 4.69) is 12.2 Å². The van der Waals surface area contributed by atoms with E-state index in [0.717, 1.165) is 41.7 Å². The van der Waals surface area contributed by atoms with Gasteiger partial charge in [0.15, 0.2) is 0 Å². The fourth-order valence-corrected chi connectivity index (χ4v) is 2.06. The smallest absolute Gasteiger partial charge is 0.0587 e. The first kappa shape index (κ1) is 14.8. The number of halogens is 2. The summed E-state index contributed by atoms with van der Waals surface area (Å²) in [7, 11) is 1.71. The van der Waals surface area contributed by atoms with E-state index in [1.165, 1.54) is 0 Å². The summed E-state index contributed by atoms with van der Waals surface area (Å²) in [6.45, 7) is 4.76. The van der Waals surface area contributed by atoms with Crippen LogP contribution in [-0.4, -0.2) is 26.8 Å². The van der Waals surface area contributed by atoms with Crippen molar-refractivity contribution in [3.05, 3.63) is 33.8 Å². The van der Waals surface area contributed by atoms with Gasteiger partial charge in [-0.2, -0.15) is 0 Å². The lowest BCUT2D eigenvalue weighted by Crippen LogP contribution is -2.25. The molecule has 0 aliphatic rings. The molecule has 1 aromatic carbocycles. The second kappa shape index (κ2) is 7.93. The number of rotatable bonds is 7. The molecule has 1 aromatic rings. The minimum absolute atomic E-state index is 0.517. The Kier molecular flexibility index (Phi) is 6.90. The molecule has 0 saturated heterocycles. The second-order valence-corrected chi connectivity index (χ2v) is 5.09. The molecule has 0 bridgehead atoms. The normalized spacial score (nSPS) is 12.7. The fourth-order valence-electron chi connectivity index (χ4n) is 1.67. The van der Waals surface area contributed by atoms with E-state index >= 15 is 0 Å². The average molecular weight is 276 g/mol. The molecule has 0 aliphatic carbocycles. The first-order chi connectivity index (χ1) is 8.13. The van der Waals surface area contributed by atoms with E-state index in [9.17, 15) is 0 Å². The zero-order valence-electron chi connectivity index (χ0n) is 10.3. The molecule has 1 N–H and O–H groups in total. The third-order valence-corrected chi connectivity index (χ3v) is 3.16. The Bertz CT molecular complexity index is 344. The topological polar surface area (TPSA) is 21.3 Å². The van der Waals surface area contributed by atoms with Crippen LogP contribution in [-0.2, 0) is 11.2 Å². The largest absolute Gasteiger partial charge is 0.383 e. The van der Waals surface area contributed by atoms with Crippen LogP contribution < -0.4 is 5.32 Å². The van der Waals surface area contributed by atoms with Gasteiger partial charge in [-0.3, -0.25) is 0 Å². The van der Waals surface area contributed by atoms with Crippen molar-refractivity contribution < 1.29 is 4.74 Å². The van der Waals surface area contributed by atoms with E-state index in [0.29, 0.717) is 5.92 Å². The molecule has 4 heteroatoms. The molecule has 0 aromatic heterocycles. The van der Waals surface area contributed by atoms with Crippen molar-refractivity contribution in [1.82, 2.24) is 5.32 Å². The molecule has 96 valence electrons. The summed E-state index contributed by atoms with van der Waals surface area (Å²) in [6.07, 6.45) is 0.930. The van der Waals surface area contributed by atoms with Gasteiger partial charge in [-0.15, -0.1) is 0 Å². The van der Waals surface area contributed by atoms with E-state index < -0.39 is 0 Å². The lowest BCUT2D eigenvalue weighted by Gasteiger charge is -2.13. The van der Waals surface area contributed by atoms with Crippen LogP contribution in [0.3, 0.4) is 0 Å². The number of nitrogens with one attached hydrogen (secondary N) is 1. The number of hydrogen-bond acceptors (Lipinski definition) is 2. The van der Waals surface area contributed by atoms with Crippen LogP contribution >= 0.6 is 23.2 Å². The predicted molar refractivity (Wildman–Crippen MR) is 74.1 cm³/mol. The van der Waals surface area contributed by atoms with Gasteiger partial charge in [0.25, 0.3) is 0 Å². The van der Waals surface area contributed by atoms with Crippen molar-refractivity contribution >= 4 is 23.2 Å². The maximum atomic E-state index is 6.13. The van der Waals surface area contributed by atoms with Gasteiger partial charge in [0.05, 0.1) is 6.61 Å². The fraction of sp³-hybridized carbons (Fsp3) is 0.538. The second-order valence-electron chi connectivity index (χ2n) is 4.24. The molecule has 0 aliphatic heterocycles. The number of methoxy groups -OCH3 is 1. The van der Waals surface area contributed by atoms with Crippen molar-refractivity contribution in [3.8, 4) is 0 Å². The van der Waals surface area contributed by atoms with Crippen LogP contribution in [0.5, 0.6) is 0 Å². The molecule has 0 saturated carbocycles. The van der Waals surface area contributed by atoms with Gasteiger partial charge < -0.3 is 10.1 Å². The molecular weight excluding hydrogens is 257 g/mol. The molecule has 0 heterocycles. The van der Waals surface area contributed by atoms with Crippen molar-refractivity contribution in [2.75, 3.05) is 26.8 Å². The van der Waals surface area contributed by atoms with Gasteiger partial charge in [-0.1, -0.05) is 30.1 Å². The van der Waals surface area contributed by atoms with Crippen LogP contribution in [0.2, 0.25) is 10.0 Å². The summed E-state index contributed by atoms with van der Waals surface area (Å²) in [5, 5.41) is 4.87. The highest BCUT2D eigenvalue weighted by Crippen LogP contribution is 2.23. The monoisotopic (exact) mass is 275 g/mol. The predicted octanol–water partition coefficient (Wildman–Crippen LogP) is 3.41. The van der Waals surface area contributed by atoms with Gasteiger partial charge in [-0.05, 0) is 42.6 Å². The highest BCUT2D eigenvalue weighted by atomic mass is 35.5. The minimum Gasteiger partial charge on any atom is -0.383 e. The number of hydrogen-bond donors (Lipinski definition) is 1. The Morgan fingerprint density at radius 3 is 2.82 bits per heavy atom. The highest BCUT2D eigenvalue weighted by Gasteiger charge is 2.07. The Balaban J connectivity index is 2.39. The van der Waals surface area contributed by atoms with Crippen molar-refractivity contribution in [2.45, 2.75) is 13.3 Å². The van der Waals surface area contributed by atoms with Gasteiger partial charge in [-0.25, -0.2) is 0 Å². The first-order valence-corrected chi connectivity index (χ1v) is 6.52. The maximum absolute atomic E-state index is 6.13. The van der Waals surface area contributed by atoms with Gasteiger partial charge in [0.2, 0.25) is 0 Å². The molecule has 0 amide bonds. The maximum Gasteiger partial charge on any atom is 0.0587 e. The van der Waals surface area contributed by atoms with Crippen LogP contribution in [0.4, 0.5) is 0 Å². The molecule has 0 radical (unpaired) electrons. The van der Waals surface area contributed by atoms with Crippen molar-refractivity contribution in [1.29, 1.82) is 0 Å². The summed E-state index contributed by atoms with van der Waals surface area (Å²) >= 11 is 12.1. The average Bonchev–Trinajstić information content (AvgIpc) is 2.29. The minimum atomic E-state index is 0.517. The van der Waals surface area contributed by atoms with E-state index in [1.807, 2.05) is 18.2 Å². The Morgan fingerprint density at radius 1 is 1.35 bits per heavy atom. The molecule has 0 spiro atoms. The van der Waals surface area contributed by atoms with E-state index in [-0.39, 0.29) is 0 Å². The molecule has 0 fully saturated rings. The Hall–Kier alpha value is -0.280. The quantitative estimate of drug-likeness (QED) is 0.771. The zero-order valence-corrected chi connectivity index (χ0v) is 11.8. The Labute approximate surface area is 113 Å². The number of ether oxygens (including phenoxy) is 1. The third kappa shape index (κ3) is 5.73. The Morgan fingerprint density at radius 2 is 2.12 bits per heavy atom. The standard InChI is InChI=1S/C13H19Cl2NO/c1-10(9-16-5-6-17-2)7-11-8-12(14)3-4-13(11)15/h3-4,8,10,16H,5-7,9H2,1-2H3. The molecule has 17 heavy (non-hydrogen) atoms. The summed E-state index contributed by atoms with van der Waals surface area (Å²) < 4.78 is 4.98. The number of benzene rings is 1. The van der Waals surface area contributed by atoms with Crippen LogP contribution in [0.1, 0.15) is 12.5 Å². The van der Waals surface area contributed by atoms with Crippen LogP contribution in [0.15, 0.2) is 18.2 Å². The zero-order chi connectivity index (χ0) is 12.7. The van der Waals surface area contributed by atoms with Gasteiger partial charge in [0.1, 0.15) is 0 Å². The molecule has 1 rings (SSSR count).